The lowest BCUT2D eigenvalue weighted by atomic mass is 10.0. The molecule has 0 unspecified atom stereocenters. The molecule has 0 aliphatic carbocycles. The van der Waals surface area contributed by atoms with Gasteiger partial charge in [0, 0.05) is 23.5 Å². The van der Waals surface area contributed by atoms with Gasteiger partial charge in [-0.15, -0.1) is 0 Å². The van der Waals surface area contributed by atoms with Gasteiger partial charge in [0.05, 0.1) is 13.7 Å². The third kappa shape index (κ3) is 8.97. The average molecular weight is 475 g/mol. The Morgan fingerprint density at radius 1 is 1.09 bits per heavy atom. The molecule has 0 heterocycles. The Balaban J connectivity index is 2.10. The first-order valence-corrected chi connectivity index (χ1v) is 11.6. The number of carbonyl (C=O) groups excluding carboxylic acids is 2. The van der Waals surface area contributed by atoms with E-state index < -0.39 is 6.04 Å². The zero-order chi connectivity index (χ0) is 24.4. The lowest BCUT2D eigenvalue weighted by molar-refractivity contribution is -0.142. The summed E-state index contributed by atoms with van der Waals surface area (Å²) < 4.78 is 11.0. The summed E-state index contributed by atoms with van der Waals surface area (Å²) in [6.45, 7) is 8.43. The predicted molar refractivity (Wildman–Crippen MR) is 132 cm³/mol. The van der Waals surface area contributed by atoms with Crippen LogP contribution in [0.2, 0.25) is 5.02 Å². The van der Waals surface area contributed by atoms with E-state index in [0.29, 0.717) is 42.5 Å². The zero-order valence-electron chi connectivity index (χ0n) is 20.2. The molecule has 33 heavy (non-hydrogen) atoms. The lowest BCUT2D eigenvalue weighted by Gasteiger charge is -2.33. The Hall–Kier alpha value is -2.73. The summed E-state index contributed by atoms with van der Waals surface area (Å²) in [6, 6.07) is 14.1. The number of benzene rings is 2. The van der Waals surface area contributed by atoms with Gasteiger partial charge >= 0.3 is 0 Å². The standard InChI is InChI=1S/C26H35ClN2O4/c1-6-23(25(31)28-26(2,3)4)29(18-19-9-7-10-22(17-19)32-5)24(30)11-8-16-33-21-14-12-20(27)13-15-21/h7,9-10,12-15,17,23H,6,8,11,16,18H2,1-5H3,(H,28,31)/t23-/m0/s1. The molecule has 2 rings (SSSR count). The van der Waals surface area contributed by atoms with Gasteiger partial charge in [-0.05, 0) is 75.6 Å². The number of carbonyl (C=O) groups is 2. The van der Waals surface area contributed by atoms with E-state index in [1.807, 2.05) is 52.0 Å². The summed E-state index contributed by atoms with van der Waals surface area (Å²) in [4.78, 5) is 28.0. The molecule has 0 saturated carbocycles. The number of hydrogen-bond acceptors (Lipinski definition) is 4. The van der Waals surface area contributed by atoms with Crippen molar-refractivity contribution in [2.75, 3.05) is 13.7 Å². The van der Waals surface area contributed by atoms with Crippen LogP contribution in [-0.4, -0.2) is 42.0 Å². The van der Waals surface area contributed by atoms with Crippen LogP contribution in [0.1, 0.15) is 52.5 Å². The fourth-order valence-electron chi connectivity index (χ4n) is 3.43. The van der Waals surface area contributed by atoms with Gasteiger partial charge in [0.1, 0.15) is 17.5 Å². The van der Waals surface area contributed by atoms with Crippen LogP contribution < -0.4 is 14.8 Å². The van der Waals surface area contributed by atoms with Crippen LogP contribution >= 0.6 is 11.6 Å². The highest BCUT2D eigenvalue weighted by Crippen LogP contribution is 2.20. The van der Waals surface area contributed by atoms with Gasteiger partial charge in [-0.1, -0.05) is 30.7 Å². The van der Waals surface area contributed by atoms with Crippen molar-refractivity contribution in [2.45, 2.75) is 65.1 Å². The molecule has 2 aromatic rings. The highest BCUT2D eigenvalue weighted by Gasteiger charge is 2.30. The SMILES string of the molecule is CC[C@@H](C(=O)NC(C)(C)C)N(Cc1cccc(OC)c1)C(=O)CCCOc1ccc(Cl)cc1. The van der Waals surface area contributed by atoms with E-state index in [0.717, 1.165) is 5.56 Å². The maximum Gasteiger partial charge on any atom is 0.243 e. The summed E-state index contributed by atoms with van der Waals surface area (Å²) in [5, 5.41) is 3.66. The molecule has 0 aromatic heterocycles. The largest absolute Gasteiger partial charge is 0.497 e. The molecule has 0 aliphatic rings. The molecule has 0 spiro atoms. The average Bonchev–Trinajstić information content (AvgIpc) is 2.76. The normalized spacial score (nSPS) is 12.1. The summed E-state index contributed by atoms with van der Waals surface area (Å²) in [5.41, 5.74) is 0.517. The lowest BCUT2D eigenvalue weighted by Crippen LogP contribution is -2.53. The molecule has 0 bridgehead atoms. The van der Waals surface area contributed by atoms with E-state index in [1.165, 1.54) is 0 Å². The molecule has 6 nitrogen and oxygen atoms in total. The van der Waals surface area contributed by atoms with E-state index in [4.69, 9.17) is 21.1 Å². The fourth-order valence-corrected chi connectivity index (χ4v) is 3.55. The molecule has 0 aliphatic heterocycles. The molecule has 2 amide bonds. The van der Waals surface area contributed by atoms with Gasteiger partial charge in [0.25, 0.3) is 0 Å². The first kappa shape index (κ1) is 26.5. The van der Waals surface area contributed by atoms with Crippen LogP contribution in [-0.2, 0) is 16.1 Å². The van der Waals surface area contributed by atoms with Gasteiger partial charge in [-0.2, -0.15) is 0 Å². The second-order valence-electron chi connectivity index (χ2n) is 8.94. The van der Waals surface area contributed by atoms with E-state index in [2.05, 4.69) is 5.32 Å². The van der Waals surface area contributed by atoms with Crippen LogP contribution in [0.4, 0.5) is 0 Å². The predicted octanol–water partition coefficient (Wildman–Crippen LogP) is 5.23. The topological polar surface area (TPSA) is 67.9 Å². The maximum atomic E-state index is 13.3. The van der Waals surface area contributed by atoms with Crippen molar-refractivity contribution in [1.82, 2.24) is 10.2 Å². The van der Waals surface area contributed by atoms with E-state index in [1.54, 1.807) is 36.3 Å². The number of ether oxygens (including phenoxy) is 2. The molecule has 2 aromatic carbocycles. The molecule has 180 valence electrons. The second-order valence-corrected chi connectivity index (χ2v) is 9.38. The molecule has 0 fully saturated rings. The van der Waals surface area contributed by atoms with Crippen LogP contribution in [0.3, 0.4) is 0 Å². The minimum Gasteiger partial charge on any atom is -0.497 e. The highest BCUT2D eigenvalue weighted by molar-refractivity contribution is 6.30. The van der Waals surface area contributed by atoms with Crippen LogP contribution in [0.15, 0.2) is 48.5 Å². The summed E-state index contributed by atoms with van der Waals surface area (Å²) in [5.74, 6) is 1.17. The van der Waals surface area contributed by atoms with Crippen molar-refractivity contribution in [2.24, 2.45) is 0 Å². The Kier molecular flexibility index (Phi) is 10.0. The quantitative estimate of drug-likeness (QED) is 0.453. The van der Waals surface area contributed by atoms with Crippen LogP contribution in [0.25, 0.3) is 0 Å². The van der Waals surface area contributed by atoms with Gasteiger partial charge in [0.2, 0.25) is 11.8 Å². The van der Waals surface area contributed by atoms with Gasteiger partial charge in [-0.3, -0.25) is 9.59 Å². The molecule has 0 radical (unpaired) electrons. The summed E-state index contributed by atoms with van der Waals surface area (Å²) in [7, 11) is 1.61. The Morgan fingerprint density at radius 3 is 2.39 bits per heavy atom. The molecule has 1 atom stereocenters. The van der Waals surface area contributed by atoms with E-state index in [9.17, 15) is 9.59 Å². The van der Waals surface area contributed by atoms with Crippen LogP contribution in [0, 0.1) is 0 Å². The number of nitrogens with one attached hydrogen (secondary N) is 1. The number of methoxy groups -OCH3 is 1. The third-order valence-electron chi connectivity index (χ3n) is 4.99. The Bertz CT molecular complexity index is 909. The van der Waals surface area contributed by atoms with Crippen molar-refractivity contribution in [1.29, 1.82) is 0 Å². The number of rotatable bonds is 11. The minimum absolute atomic E-state index is 0.0894. The van der Waals surface area contributed by atoms with Crippen molar-refractivity contribution < 1.29 is 19.1 Å². The smallest absolute Gasteiger partial charge is 0.243 e. The second kappa shape index (κ2) is 12.5. The summed E-state index contributed by atoms with van der Waals surface area (Å²) in [6.07, 6.45) is 1.32. The number of amides is 2. The van der Waals surface area contributed by atoms with Crippen molar-refractivity contribution in [3.05, 3.63) is 59.1 Å². The van der Waals surface area contributed by atoms with Gasteiger partial charge in [-0.25, -0.2) is 0 Å². The molecular weight excluding hydrogens is 440 g/mol. The monoisotopic (exact) mass is 474 g/mol. The zero-order valence-corrected chi connectivity index (χ0v) is 20.9. The van der Waals surface area contributed by atoms with Gasteiger partial charge < -0.3 is 19.7 Å². The minimum atomic E-state index is -0.569. The third-order valence-corrected chi connectivity index (χ3v) is 5.24. The maximum absolute atomic E-state index is 13.3. The molecule has 0 saturated heterocycles. The molecular formula is C26H35ClN2O4. The van der Waals surface area contributed by atoms with Crippen molar-refractivity contribution >= 4 is 23.4 Å². The first-order chi connectivity index (χ1) is 15.6. The number of halogens is 1. The number of nitrogens with zero attached hydrogens (tertiary/aromatic N) is 1. The van der Waals surface area contributed by atoms with Crippen LogP contribution in [0.5, 0.6) is 11.5 Å². The van der Waals surface area contributed by atoms with E-state index >= 15 is 0 Å². The molecule has 1 N–H and O–H groups in total. The van der Waals surface area contributed by atoms with Gasteiger partial charge in [0.15, 0.2) is 0 Å². The van der Waals surface area contributed by atoms with E-state index in [-0.39, 0.29) is 23.8 Å². The molecule has 7 heteroatoms. The Morgan fingerprint density at radius 2 is 1.79 bits per heavy atom. The van der Waals surface area contributed by atoms with Crippen molar-refractivity contribution in [3.63, 3.8) is 0 Å². The first-order valence-electron chi connectivity index (χ1n) is 11.3. The Labute approximate surface area is 202 Å². The number of hydrogen-bond donors (Lipinski definition) is 1. The fraction of sp³-hybridized carbons (Fsp3) is 0.462. The highest BCUT2D eigenvalue weighted by atomic mass is 35.5. The summed E-state index contributed by atoms with van der Waals surface area (Å²) >= 11 is 5.90. The van der Waals surface area contributed by atoms with Crippen molar-refractivity contribution in [3.8, 4) is 11.5 Å².